The van der Waals surface area contributed by atoms with Crippen molar-refractivity contribution in [2.45, 2.75) is 51.2 Å². The van der Waals surface area contributed by atoms with E-state index in [0.717, 1.165) is 36.8 Å². The first-order chi connectivity index (χ1) is 12.8. The van der Waals surface area contributed by atoms with Gasteiger partial charge in [-0.25, -0.2) is 4.98 Å². The topological polar surface area (TPSA) is 58.5 Å². The second-order valence-corrected chi connectivity index (χ2v) is 7.69. The summed E-state index contributed by atoms with van der Waals surface area (Å²) in [7, 11) is 1.80. The minimum Gasteiger partial charge on any atom is -0.474 e. The second kappa shape index (κ2) is 9.57. The van der Waals surface area contributed by atoms with E-state index in [1.54, 1.807) is 24.6 Å². The molecule has 1 atom stereocenters. The lowest BCUT2D eigenvalue weighted by Crippen LogP contribution is -2.38. The number of aromatic nitrogens is 1. The number of rotatable bonds is 7. The largest absolute Gasteiger partial charge is 0.474 e. The minimum atomic E-state index is 0.313. The molecule has 0 saturated heterocycles. The van der Waals surface area contributed by atoms with Gasteiger partial charge < -0.3 is 15.4 Å². The Bertz CT molecular complexity index is 696. The molecule has 2 aromatic heterocycles. The van der Waals surface area contributed by atoms with E-state index in [-0.39, 0.29) is 0 Å². The summed E-state index contributed by atoms with van der Waals surface area (Å²) in [5.74, 6) is 1.99. The van der Waals surface area contributed by atoms with Crippen LogP contribution in [0.2, 0.25) is 0 Å². The van der Waals surface area contributed by atoms with E-state index in [4.69, 9.17) is 4.74 Å². The summed E-state index contributed by atoms with van der Waals surface area (Å²) < 4.78 is 6.11. The Morgan fingerprint density at radius 3 is 2.88 bits per heavy atom. The average Bonchev–Trinajstić information content (AvgIpc) is 3.37. The fourth-order valence-electron chi connectivity index (χ4n) is 3.15. The van der Waals surface area contributed by atoms with Gasteiger partial charge in [-0.3, -0.25) is 4.99 Å². The highest BCUT2D eigenvalue weighted by Crippen LogP contribution is 2.25. The second-order valence-electron chi connectivity index (χ2n) is 6.72. The monoisotopic (exact) mass is 372 g/mol. The van der Waals surface area contributed by atoms with E-state index in [2.05, 4.69) is 51.1 Å². The Balaban J connectivity index is 1.52. The Morgan fingerprint density at radius 1 is 1.31 bits per heavy atom. The van der Waals surface area contributed by atoms with Crippen molar-refractivity contribution in [1.29, 1.82) is 0 Å². The summed E-state index contributed by atoms with van der Waals surface area (Å²) in [6.07, 6.45) is 6.88. The first-order valence-electron chi connectivity index (χ1n) is 9.34. The zero-order valence-electron chi connectivity index (χ0n) is 15.6. The number of nitrogens with zero attached hydrogens (tertiary/aromatic N) is 2. The number of hydrogen-bond donors (Lipinski definition) is 2. The maximum absolute atomic E-state index is 6.11. The van der Waals surface area contributed by atoms with Crippen LogP contribution in [0.25, 0.3) is 0 Å². The summed E-state index contributed by atoms with van der Waals surface area (Å²) in [5.41, 5.74) is 1.06. The lowest BCUT2D eigenvalue weighted by molar-refractivity contribution is 0.199. The van der Waals surface area contributed by atoms with Crippen molar-refractivity contribution in [2.75, 3.05) is 13.6 Å². The van der Waals surface area contributed by atoms with Gasteiger partial charge >= 0.3 is 0 Å². The molecular formula is C20H28N4OS. The third kappa shape index (κ3) is 5.21. The van der Waals surface area contributed by atoms with Gasteiger partial charge in [-0.15, -0.1) is 11.3 Å². The number of nitrogens with one attached hydrogen (secondary N) is 2. The van der Waals surface area contributed by atoms with Crippen LogP contribution < -0.4 is 15.4 Å². The molecule has 0 aromatic carbocycles. The van der Waals surface area contributed by atoms with E-state index in [1.807, 2.05) is 6.07 Å². The smallest absolute Gasteiger partial charge is 0.218 e. The molecule has 5 nitrogen and oxygen atoms in total. The predicted octanol–water partition coefficient (Wildman–Crippen LogP) is 3.93. The molecule has 140 valence electrons. The molecule has 0 radical (unpaired) electrons. The van der Waals surface area contributed by atoms with Crippen molar-refractivity contribution in [2.24, 2.45) is 4.99 Å². The van der Waals surface area contributed by atoms with Crippen LogP contribution in [0.1, 0.15) is 49.0 Å². The molecule has 0 amide bonds. The van der Waals surface area contributed by atoms with E-state index >= 15 is 0 Å². The number of guanidine groups is 1. The number of ether oxygens (including phenoxy) is 1. The van der Waals surface area contributed by atoms with Crippen molar-refractivity contribution in [3.05, 3.63) is 46.3 Å². The molecule has 2 aromatic rings. The first-order valence-corrected chi connectivity index (χ1v) is 10.2. The Hall–Kier alpha value is -2.08. The van der Waals surface area contributed by atoms with Crippen molar-refractivity contribution in [1.82, 2.24) is 15.6 Å². The van der Waals surface area contributed by atoms with Gasteiger partial charge in [0, 0.05) is 42.7 Å². The third-order valence-corrected chi connectivity index (χ3v) is 5.81. The zero-order chi connectivity index (χ0) is 18.2. The van der Waals surface area contributed by atoms with E-state index < -0.39 is 0 Å². The molecule has 1 saturated carbocycles. The molecule has 1 unspecified atom stereocenters. The Labute approximate surface area is 159 Å². The number of hydrogen-bond acceptors (Lipinski definition) is 4. The van der Waals surface area contributed by atoms with Crippen LogP contribution in [-0.2, 0) is 6.54 Å². The average molecular weight is 373 g/mol. The molecule has 3 rings (SSSR count). The highest BCUT2D eigenvalue weighted by atomic mass is 32.1. The van der Waals surface area contributed by atoms with Crippen molar-refractivity contribution >= 4 is 17.3 Å². The van der Waals surface area contributed by atoms with Gasteiger partial charge in [0.05, 0.1) is 0 Å². The van der Waals surface area contributed by atoms with Crippen LogP contribution in [0.4, 0.5) is 0 Å². The molecule has 1 fully saturated rings. The van der Waals surface area contributed by atoms with Gasteiger partial charge in [0.1, 0.15) is 6.10 Å². The van der Waals surface area contributed by atoms with E-state index in [9.17, 15) is 0 Å². The van der Waals surface area contributed by atoms with Gasteiger partial charge in [0.25, 0.3) is 0 Å². The van der Waals surface area contributed by atoms with Crippen LogP contribution >= 0.6 is 11.3 Å². The molecule has 2 heterocycles. The molecule has 2 N–H and O–H groups in total. The van der Waals surface area contributed by atoms with Crippen LogP contribution in [0.15, 0.2) is 40.8 Å². The number of pyridine rings is 1. The molecule has 26 heavy (non-hydrogen) atoms. The van der Waals surface area contributed by atoms with Crippen molar-refractivity contribution in [3.8, 4) is 5.88 Å². The van der Waals surface area contributed by atoms with E-state index in [1.165, 1.54) is 17.7 Å². The lowest BCUT2D eigenvalue weighted by Gasteiger charge is -2.18. The van der Waals surface area contributed by atoms with Crippen LogP contribution in [-0.4, -0.2) is 30.6 Å². The standard InChI is InChI=1S/C20H28N4OS/c1-15(18-10-6-12-26-18)13-23-20(21-2)24-14-16-7-5-11-22-19(16)25-17-8-3-4-9-17/h5-7,10-12,15,17H,3-4,8-9,13-14H2,1-2H3,(H2,21,23,24). The Kier molecular flexibility index (Phi) is 6.89. The lowest BCUT2D eigenvalue weighted by atomic mass is 10.1. The quantitative estimate of drug-likeness (QED) is 0.571. The van der Waals surface area contributed by atoms with Crippen LogP contribution in [0.3, 0.4) is 0 Å². The van der Waals surface area contributed by atoms with Crippen LogP contribution in [0.5, 0.6) is 5.88 Å². The normalized spacial score (nSPS) is 16.5. The highest BCUT2D eigenvalue weighted by molar-refractivity contribution is 7.10. The maximum atomic E-state index is 6.11. The molecular weight excluding hydrogens is 344 g/mol. The fraction of sp³-hybridized carbons (Fsp3) is 0.500. The Morgan fingerprint density at radius 2 is 2.15 bits per heavy atom. The highest BCUT2D eigenvalue weighted by Gasteiger charge is 2.18. The van der Waals surface area contributed by atoms with Crippen LogP contribution in [0, 0.1) is 0 Å². The summed E-state index contributed by atoms with van der Waals surface area (Å²) in [6, 6.07) is 8.28. The zero-order valence-corrected chi connectivity index (χ0v) is 16.4. The summed E-state index contributed by atoms with van der Waals surface area (Å²) in [6.45, 7) is 3.71. The minimum absolute atomic E-state index is 0.313. The molecule has 0 bridgehead atoms. The molecule has 0 aliphatic heterocycles. The predicted molar refractivity (Wildman–Crippen MR) is 108 cm³/mol. The summed E-state index contributed by atoms with van der Waals surface area (Å²) in [4.78, 5) is 10.1. The molecule has 1 aliphatic rings. The van der Waals surface area contributed by atoms with E-state index in [0.29, 0.717) is 18.6 Å². The SMILES string of the molecule is CN=C(NCc1cccnc1OC1CCCC1)NCC(C)c1cccs1. The fourth-order valence-corrected chi connectivity index (χ4v) is 3.94. The molecule has 1 aliphatic carbocycles. The number of thiophene rings is 1. The van der Waals surface area contributed by atoms with Gasteiger partial charge in [0.2, 0.25) is 5.88 Å². The summed E-state index contributed by atoms with van der Waals surface area (Å²) >= 11 is 1.79. The van der Waals surface area contributed by atoms with Crippen molar-refractivity contribution < 1.29 is 4.74 Å². The van der Waals surface area contributed by atoms with Crippen molar-refractivity contribution in [3.63, 3.8) is 0 Å². The maximum Gasteiger partial charge on any atom is 0.218 e. The van der Waals surface area contributed by atoms with Gasteiger partial charge in [-0.1, -0.05) is 19.1 Å². The molecule has 6 heteroatoms. The first kappa shape index (κ1) is 18.7. The van der Waals surface area contributed by atoms with Gasteiger partial charge in [-0.2, -0.15) is 0 Å². The molecule has 0 spiro atoms. The summed E-state index contributed by atoms with van der Waals surface area (Å²) in [5, 5.41) is 8.90. The van der Waals surface area contributed by atoms with Gasteiger partial charge in [0.15, 0.2) is 5.96 Å². The third-order valence-electron chi connectivity index (χ3n) is 4.70. The van der Waals surface area contributed by atoms with Gasteiger partial charge in [-0.05, 0) is 43.2 Å². The number of aliphatic imine (C=N–C) groups is 1.